The molecule has 0 aliphatic heterocycles. The third-order valence-electron chi connectivity index (χ3n) is 5.14. The Balaban J connectivity index is 2.15. The minimum absolute atomic E-state index is 0.0338. The van der Waals surface area contributed by atoms with Crippen molar-refractivity contribution in [2.24, 2.45) is 0 Å². The first-order valence-corrected chi connectivity index (χ1v) is 12.3. The van der Waals surface area contributed by atoms with Crippen molar-refractivity contribution in [2.75, 3.05) is 5.75 Å². The van der Waals surface area contributed by atoms with Crippen LogP contribution in [-0.2, 0) is 21.9 Å². The van der Waals surface area contributed by atoms with Crippen LogP contribution in [0.1, 0.15) is 43.9 Å². The Morgan fingerprint density at radius 1 is 1.10 bits per heavy atom. The highest BCUT2D eigenvalue weighted by Gasteiger charge is 2.27. The summed E-state index contributed by atoms with van der Waals surface area (Å²) in [7, 11) is 0. The van der Waals surface area contributed by atoms with Gasteiger partial charge >= 0.3 is 0 Å². The molecule has 0 saturated carbocycles. The topological polar surface area (TPSA) is 49.4 Å². The number of carbonyl (C=O) groups excluding carboxylic acids is 2. The Labute approximate surface area is 199 Å². The molecule has 0 heterocycles. The molecule has 7 heteroatoms. The number of carbonyl (C=O) groups is 2. The van der Waals surface area contributed by atoms with E-state index in [1.165, 1.54) is 22.9 Å². The van der Waals surface area contributed by atoms with E-state index in [9.17, 15) is 9.59 Å². The molecule has 0 radical (unpaired) electrons. The van der Waals surface area contributed by atoms with E-state index in [0.29, 0.717) is 15.6 Å². The predicted molar refractivity (Wildman–Crippen MR) is 132 cm³/mol. The van der Waals surface area contributed by atoms with Gasteiger partial charge in [0, 0.05) is 33.9 Å². The molecule has 0 unspecified atom stereocenters. The number of amides is 2. The first-order chi connectivity index (χ1) is 14.7. The zero-order chi connectivity index (χ0) is 23.0. The highest BCUT2D eigenvalue weighted by molar-refractivity contribution is 7.99. The first-order valence-electron chi connectivity index (χ1n) is 10.4. The third-order valence-corrected chi connectivity index (χ3v) is 6.83. The number of halogens is 2. The summed E-state index contributed by atoms with van der Waals surface area (Å²) in [6, 6.07) is 12.8. The fraction of sp³-hybridized carbons (Fsp3) is 0.417. The maximum Gasteiger partial charge on any atom is 0.242 e. The van der Waals surface area contributed by atoms with Gasteiger partial charge in [0.2, 0.25) is 11.8 Å². The molecular formula is C24H30Cl2N2O2S. The number of aryl methyl sites for hydroxylation is 1. The van der Waals surface area contributed by atoms with Crippen molar-refractivity contribution in [3.8, 4) is 0 Å². The van der Waals surface area contributed by atoms with Crippen molar-refractivity contribution in [2.45, 2.75) is 58.5 Å². The average Bonchev–Trinajstić information content (AvgIpc) is 2.73. The van der Waals surface area contributed by atoms with E-state index in [4.69, 9.17) is 23.2 Å². The normalized spacial score (nSPS) is 12.8. The maximum atomic E-state index is 13.2. The van der Waals surface area contributed by atoms with E-state index in [1.54, 1.807) is 30.0 Å². The Hall–Kier alpha value is -1.69. The van der Waals surface area contributed by atoms with Crippen LogP contribution in [0.25, 0.3) is 0 Å². The lowest BCUT2D eigenvalue weighted by Crippen LogP contribution is -2.50. The van der Waals surface area contributed by atoms with E-state index in [0.717, 1.165) is 12.2 Å². The van der Waals surface area contributed by atoms with Gasteiger partial charge in [-0.15, -0.1) is 11.8 Å². The Kier molecular flexibility index (Phi) is 10.2. The maximum absolute atomic E-state index is 13.2. The van der Waals surface area contributed by atoms with Crippen LogP contribution in [0.2, 0.25) is 10.0 Å². The molecule has 2 atom stereocenters. The molecular weight excluding hydrogens is 451 g/mol. The molecule has 2 aromatic carbocycles. The number of hydrogen-bond acceptors (Lipinski definition) is 3. The van der Waals surface area contributed by atoms with Gasteiger partial charge in [0.25, 0.3) is 0 Å². The summed E-state index contributed by atoms with van der Waals surface area (Å²) in [4.78, 5) is 27.5. The standard InChI is InChI=1S/C24H30Cl2N2O2S/c1-5-17(3)27-24(30)18(4)28(13-20-21(25)10-7-11-22(20)26)23(29)15-31-14-19-9-6-8-16(2)12-19/h6-12,17-18H,5,13-15H2,1-4H3,(H,27,30)/t17-,18-/m1/s1. The monoisotopic (exact) mass is 480 g/mol. The van der Waals surface area contributed by atoms with Gasteiger partial charge in [0.15, 0.2) is 0 Å². The molecule has 0 saturated heterocycles. The van der Waals surface area contributed by atoms with Gasteiger partial charge < -0.3 is 10.2 Å². The number of hydrogen-bond donors (Lipinski definition) is 1. The second kappa shape index (κ2) is 12.4. The van der Waals surface area contributed by atoms with Gasteiger partial charge in [0.1, 0.15) is 6.04 Å². The van der Waals surface area contributed by atoms with Crippen LogP contribution in [0.4, 0.5) is 0 Å². The molecule has 31 heavy (non-hydrogen) atoms. The quantitative estimate of drug-likeness (QED) is 0.462. The summed E-state index contributed by atoms with van der Waals surface area (Å²) in [5.74, 6) is 0.674. The second-order valence-electron chi connectivity index (χ2n) is 7.70. The largest absolute Gasteiger partial charge is 0.352 e. The highest BCUT2D eigenvalue weighted by Crippen LogP contribution is 2.27. The molecule has 1 N–H and O–H groups in total. The third kappa shape index (κ3) is 7.74. The molecule has 0 aliphatic carbocycles. The van der Waals surface area contributed by atoms with Crippen LogP contribution in [0.3, 0.4) is 0 Å². The zero-order valence-electron chi connectivity index (χ0n) is 18.5. The lowest BCUT2D eigenvalue weighted by Gasteiger charge is -2.30. The van der Waals surface area contributed by atoms with Crippen LogP contribution < -0.4 is 5.32 Å². The van der Waals surface area contributed by atoms with Crippen LogP contribution in [0, 0.1) is 6.92 Å². The van der Waals surface area contributed by atoms with E-state index in [1.807, 2.05) is 39.0 Å². The first kappa shape index (κ1) is 25.6. The van der Waals surface area contributed by atoms with Crippen molar-refractivity contribution in [1.82, 2.24) is 10.2 Å². The van der Waals surface area contributed by atoms with Crippen LogP contribution >= 0.6 is 35.0 Å². The Morgan fingerprint density at radius 2 is 1.74 bits per heavy atom. The summed E-state index contributed by atoms with van der Waals surface area (Å²) >= 11 is 14.2. The predicted octanol–water partition coefficient (Wildman–Crippen LogP) is 5.87. The number of rotatable bonds is 10. The van der Waals surface area contributed by atoms with Gasteiger partial charge in [-0.05, 0) is 44.9 Å². The molecule has 4 nitrogen and oxygen atoms in total. The summed E-state index contributed by atoms with van der Waals surface area (Å²) in [5.41, 5.74) is 3.00. The van der Waals surface area contributed by atoms with E-state index < -0.39 is 6.04 Å². The van der Waals surface area contributed by atoms with Gasteiger partial charge in [-0.3, -0.25) is 9.59 Å². The van der Waals surface area contributed by atoms with Crippen LogP contribution in [-0.4, -0.2) is 34.6 Å². The fourth-order valence-corrected chi connectivity index (χ4v) is 4.42. The summed E-state index contributed by atoms with van der Waals surface area (Å²) in [6.45, 7) is 7.92. The number of nitrogens with one attached hydrogen (secondary N) is 1. The molecule has 0 bridgehead atoms. The van der Waals surface area contributed by atoms with Crippen molar-refractivity contribution >= 4 is 46.8 Å². The number of thioether (sulfide) groups is 1. The van der Waals surface area contributed by atoms with Gasteiger partial charge in [-0.25, -0.2) is 0 Å². The Morgan fingerprint density at radius 3 is 2.35 bits per heavy atom. The summed E-state index contributed by atoms with van der Waals surface area (Å²) < 4.78 is 0. The SMILES string of the molecule is CC[C@@H](C)NC(=O)[C@@H](C)N(Cc1c(Cl)cccc1Cl)C(=O)CSCc1cccc(C)c1. The lowest BCUT2D eigenvalue weighted by molar-refractivity contribution is -0.138. The second-order valence-corrected chi connectivity index (χ2v) is 9.50. The van der Waals surface area contributed by atoms with E-state index >= 15 is 0 Å². The molecule has 2 amide bonds. The van der Waals surface area contributed by atoms with E-state index in [2.05, 4.69) is 11.4 Å². The molecule has 0 aliphatic rings. The molecule has 0 aromatic heterocycles. The van der Waals surface area contributed by atoms with Crippen LogP contribution in [0.5, 0.6) is 0 Å². The fourth-order valence-electron chi connectivity index (χ4n) is 3.04. The number of nitrogens with zero attached hydrogens (tertiary/aromatic N) is 1. The molecule has 2 aromatic rings. The van der Waals surface area contributed by atoms with E-state index in [-0.39, 0.29) is 30.2 Å². The number of benzene rings is 2. The van der Waals surface area contributed by atoms with Gasteiger partial charge in [-0.2, -0.15) is 0 Å². The van der Waals surface area contributed by atoms with Crippen molar-refractivity contribution in [3.05, 3.63) is 69.2 Å². The summed E-state index contributed by atoms with van der Waals surface area (Å²) in [6.07, 6.45) is 0.815. The van der Waals surface area contributed by atoms with Crippen LogP contribution in [0.15, 0.2) is 42.5 Å². The molecule has 0 spiro atoms. The average molecular weight is 481 g/mol. The van der Waals surface area contributed by atoms with Crippen molar-refractivity contribution in [1.29, 1.82) is 0 Å². The van der Waals surface area contributed by atoms with Crippen molar-refractivity contribution in [3.63, 3.8) is 0 Å². The Bertz CT molecular complexity index is 887. The van der Waals surface area contributed by atoms with Gasteiger partial charge in [0.05, 0.1) is 5.75 Å². The smallest absolute Gasteiger partial charge is 0.242 e. The van der Waals surface area contributed by atoms with Gasteiger partial charge in [-0.1, -0.05) is 66.0 Å². The zero-order valence-corrected chi connectivity index (χ0v) is 20.8. The van der Waals surface area contributed by atoms with Crippen molar-refractivity contribution < 1.29 is 9.59 Å². The molecule has 2 rings (SSSR count). The minimum atomic E-state index is -0.645. The lowest BCUT2D eigenvalue weighted by atomic mass is 10.1. The molecule has 0 fully saturated rings. The summed E-state index contributed by atoms with van der Waals surface area (Å²) in [5, 5.41) is 3.92. The minimum Gasteiger partial charge on any atom is -0.352 e. The highest BCUT2D eigenvalue weighted by atomic mass is 35.5. The molecule has 168 valence electrons.